The number of carbonyl (C=O) groups is 3. The van der Waals surface area contributed by atoms with Crippen LogP contribution in [0.5, 0.6) is 0 Å². The molecule has 0 aliphatic heterocycles. The molecule has 0 aliphatic carbocycles. The Hall–Kier alpha value is -3.53. The molecule has 1 N–H and O–H groups in total. The predicted molar refractivity (Wildman–Crippen MR) is 327 cm³/mol. The summed E-state index contributed by atoms with van der Waals surface area (Å²) < 4.78 is 22.8. The van der Waals surface area contributed by atoms with Gasteiger partial charge in [0.1, 0.15) is 13.2 Å². The van der Waals surface area contributed by atoms with E-state index in [1.807, 2.05) is 21.1 Å². The Bertz CT molecular complexity index is 1540. The summed E-state index contributed by atoms with van der Waals surface area (Å²) in [5.74, 6) is -2.08. The Labute approximate surface area is 474 Å². The Balaban J connectivity index is 4.08. The largest absolute Gasteiger partial charge is 0.477 e. The molecule has 9 heteroatoms. The highest BCUT2D eigenvalue weighted by molar-refractivity contribution is 5.71. The van der Waals surface area contributed by atoms with Crippen LogP contribution in [0.1, 0.15) is 271 Å². The van der Waals surface area contributed by atoms with Crippen LogP contribution in [-0.2, 0) is 33.3 Å². The van der Waals surface area contributed by atoms with Crippen molar-refractivity contribution in [3.63, 3.8) is 0 Å². The van der Waals surface area contributed by atoms with Gasteiger partial charge in [0.15, 0.2) is 6.10 Å². The average Bonchev–Trinajstić information content (AvgIpc) is 3.40. The molecule has 0 bridgehead atoms. The molecule has 0 rings (SSSR count). The second-order valence-corrected chi connectivity index (χ2v) is 22.3. The number of aliphatic carboxylic acids is 1. The zero-order valence-corrected chi connectivity index (χ0v) is 50.6. The minimum Gasteiger partial charge on any atom is -0.477 e. The van der Waals surface area contributed by atoms with Gasteiger partial charge in [-0.3, -0.25) is 9.59 Å². The molecule has 0 fully saturated rings. The number of nitrogens with zero attached hydrogens (tertiary/aromatic N) is 1. The number of unbranched alkanes of at least 4 members (excludes halogenated alkanes) is 29. The summed E-state index contributed by atoms with van der Waals surface area (Å²) >= 11 is 0. The third-order valence-corrected chi connectivity index (χ3v) is 13.6. The van der Waals surface area contributed by atoms with Crippen LogP contribution in [0.15, 0.2) is 85.1 Å². The van der Waals surface area contributed by atoms with Crippen molar-refractivity contribution < 1.29 is 42.9 Å². The number of carbonyl (C=O) groups excluding carboxylic acids is 2. The molecular formula is C68H120NO8+. The first-order valence-corrected chi connectivity index (χ1v) is 31.8. The lowest BCUT2D eigenvalue weighted by molar-refractivity contribution is -0.870. The molecule has 0 amide bonds. The van der Waals surface area contributed by atoms with E-state index in [1.54, 1.807) is 0 Å². The van der Waals surface area contributed by atoms with Gasteiger partial charge in [0.2, 0.25) is 0 Å². The fraction of sp³-hybridized carbons (Fsp3) is 0.750. The summed E-state index contributed by atoms with van der Waals surface area (Å²) in [4.78, 5) is 37.4. The van der Waals surface area contributed by atoms with Gasteiger partial charge in [-0.15, -0.1) is 0 Å². The van der Waals surface area contributed by atoms with E-state index in [9.17, 15) is 19.5 Å². The van der Waals surface area contributed by atoms with Crippen molar-refractivity contribution in [3.05, 3.63) is 85.1 Å². The minimum atomic E-state index is -1.53. The summed E-state index contributed by atoms with van der Waals surface area (Å²) in [6.07, 6.45) is 75.7. The number of hydrogen-bond acceptors (Lipinski definition) is 7. The molecule has 444 valence electrons. The van der Waals surface area contributed by atoms with Gasteiger partial charge in [0.05, 0.1) is 34.4 Å². The van der Waals surface area contributed by atoms with Gasteiger partial charge in [-0.05, 0) is 83.5 Å². The van der Waals surface area contributed by atoms with Crippen molar-refractivity contribution in [3.8, 4) is 0 Å². The number of likely N-dealkylation sites (N-methyl/N-ethyl adjacent to an activating group) is 1. The quantitative estimate of drug-likeness (QED) is 0.0211. The van der Waals surface area contributed by atoms with E-state index in [1.165, 1.54) is 173 Å². The SMILES string of the molecule is CC/C=C\C/C=C\C/C=C\C/C=C\C/C=C\CCCC(=O)OC(COC(=O)CCCCCCCCCCCCCCCCCCCCCCCCC/C=C\C/C=C\CCCCCCC)COC(OCC[N+](C)(C)C)C(=O)O. The molecule has 0 aromatic rings. The predicted octanol–water partition coefficient (Wildman–Crippen LogP) is 19.1. The van der Waals surface area contributed by atoms with E-state index in [4.69, 9.17) is 18.9 Å². The molecule has 0 saturated heterocycles. The normalized spacial score (nSPS) is 13.3. The first kappa shape index (κ1) is 73.5. The number of quaternary nitrogens is 1. The van der Waals surface area contributed by atoms with Crippen LogP contribution in [0, 0.1) is 0 Å². The number of carboxylic acid groups (broad SMARTS) is 1. The summed E-state index contributed by atoms with van der Waals surface area (Å²) in [6.45, 7) is 4.70. The van der Waals surface area contributed by atoms with E-state index >= 15 is 0 Å². The van der Waals surface area contributed by atoms with Gasteiger partial charge in [-0.2, -0.15) is 0 Å². The number of allylic oxidation sites excluding steroid dienone is 14. The van der Waals surface area contributed by atoms with Crippen LogP contribution in [0.4, 0.5) is 0 Å². The molecule has 0 spiro atoms. The monoisotopic (exact) mass is 1080 g/mol. The fourth-order valence-electron chi connectivity index (χ4n) is 8.79. The van der Waals surface area contributed by atoms with E-state index in [2.05, 4.69) is 98.9 Å². The zero-order chi connectivity index (χ0) is 56.2. The maximum absolute atomic E-state index is 12.8. The van der Waals surface area contributed by atoms with Crippen LogP contribution in [0.2, 0.25) is 0 Å². The Morgan fingerprint density at radius 2 is 0.753 bits per heavy atom. The smallest absolute Gasteiger partial charge is 0.361 e. The molecular weight excluding hydrogens is 959 g/mol. The molecule has 0 aromatic carbocycles. The van der Waals surface area contributed by atoms with Crippen LogP contribution in [0.25, 0.3) is 0 Å². The van der Waals surface area contributed by atoms with Gasteiger partial charge >= 0.3 is 17.9 Å². The molecule has 0 heterocycles. The van der Waals surface area contributed by atoms with Gasteiger partial charge in [0, 0.05) is 12.8 Å². The van der Waals surface area contributed by atoms with Crippen molar-refractivity contribution in [1.29, 1.82) is 0 Å². The van der Waals surface area contributed by atoms with Gasteiger partial charge in [-0.25, -0.2) is 4.79 Å². The Morgan fingerprint density at radius 3 is 1.14 bits per heavy atom. The van der Waals surface area contributed by atoms with Crippen LogP contribution in [0.3, 0.4) is 0 Å². The molecule has 2 unspecified atom stereocenters. The van der Waals surface area contributed by atoms with Crippen LogP contribution in [-0.4, -0.2) is 87.4 Å². The lowest BCUT2D eigenvalue weighted by Gasteiger charge is -2.25. The maximum Gasteiger partial charge on any atom is 0.361 e. The second-order valence-electron chi connectivity index (χ2n) is 22.3. The van der Waals surface area contributed by atoms with E-state index < -0.39 is 24.3 Å². The number of rotatable bonds is 58. The molecule has 0 aromatic heterocycles. The summed E-state index contributed by atoms with van der Waals surface area (Å²) in [5.41, 5.74) is 0. The van der Waals surface area contributed by atoms with Crippen LogP contribution >= 0.6 is 0 Å². The summed E-state index contributed by atoms with van der Waals surface area (Å²) in [7, 11) is 5.95. The van der Waals surface area contributed by atoms with Crippen molar-refractivity contribution in [2.45, 2.75) is 283 Å². The minimum absolute atomic E-state index is 0.175. The molecule has 77 heavy (non-hydrogen) atoms. The third-order valence-electron chi connectivity index (χ3n) is 13.6. The standard InChI is InChI=1S/C68H119NO8/c1-6-8-10-12-14-16-18-20-22-24-25-26-27-28-29-30-31-32-33-34-35-36-37-38-39-40-41-43-44-46-48-50-52-54-56-58-65(70)75-62-64(63-76-68(67(72)73)74-61-60-69(3,4)5)77-66(71)59-57-55-53-51-49-47-45-42-23-21-19-17-15-13-11-9-7-2/h9,11,15,17-18,20-21,23-25,45,47,51,53,64,68H,6-8,10,12-14,16,19,22,26-44,46,48-50,52,54-63H2,1-5H3/p+1/b11-9-,17-15-,20-18-,23-21-,25-24-,47-45-,53-51-. The van der Waals surface area contributed by atoms with Gasteiger partial charge < -0.3 is 28.5 Å². The highest BCUT2D eigenvalue weighted by atomic mass is 16.7. The number of esters is 2. The summed E-state index contributed by atoms with van der Waals surface area (Å²) in [6, 6.07) is 0. The highest BCUT2D eigenvalue weighted by Crippen LogP contribution is 2.17. The first-order chi connectivity index (χ1) is 37.6. The molecule has 9 nitrogen and oxygen atoms in total. The zero-order valence-electron chi connectivity index (χ0n) is 50.6. The lowest BCUT2D eigenvalue weighted by atomic mass is 10.0. The van der Waals surface area contributed by atoms with Crippen molar-refractivity contribution >= 4 is 17.9 Å². The molecule has 2 atom stereocenters. The van der Waals surface area contributed by atoms with Crippen molar-refractivity contribution in [1.82, 2.24) is 0 Å². The van der Waals surface area contributed by atoms with Crippen molar-refractivity contribution in [2.24, 2.45) is 0 Å². The topological polar surface area (TPSA) is 108 Å². The highest BCUT2D eigenvalue weighted by Gasteiger charge is 2.25. The van der Waals surface area contributed by atoms with Crippen molar-refractivity contribution in [2.75, 3.05) is 47.5 Å². The lowest BCUT2D eigenvalue weighted by Crippen LogP contribution is -2.40. The van der Waals surface area contributed by atoms with E-state index in [0.717, 1.165) is 64.2 Å². The number of ether oxygens (including phenoxy) is 4. The Morgan fingerprint density at radius 1 is 0.403 bits per heavy atom. The number of carboxylic acids is 1. The Kier molecular flexibility index (Phi) is 55.9. The molecule has 0 aliphatic rings. The third kappa shape index (κ3) is 60.0. The average molecular weight is 1080 g/mol. The molecule has 0 saturated carbocycles. The summed E-state index contributed by atoms with van der Waals surface area (Å²) in [5, 5.41) is 9.70. The van der Waals surface area contributed by atoms with Crippen LogP contribution < -0.4 is 0 Å². The van der Waals surface area contributed by atoms with E-state index in [-0.39, 0.29) is 38.6 Å². The first-order valence-electron chi connectivity index (χ1n) is 31.8. The maximum atomic E-state index is 12.8. The molecule has 0 radical (unpaired) electrons. The fourth-order valence-corrected chi connectivity index (χ4v) is 8.79. The van der Waals surface area contributed by atoms with Gasteiger partial charge in [-0.1, -0.05) is 259 Å². The second kappa shape index (κ2) is 58.6. The van der Waals surface area contributed by atoms with E-state index in [0.29, 0.717) is 17.4 Å². The number of hydrogen-bond donors (Lipinski definition) is 1. The van der Waals surface area contributed by atoms with Gasteiger partial charge in [0.25, 0.3) is 6.29 Å².